The standard InChI is InChI=1S/C14H20/c1-2-4-6-8-10-12-14-13-11-9-7-5-3-1/h1-4,9,11-12,14H,5-8,10,13H2. The second-order valence-electron chi connectivity index (χ2n) is 3.54. The lowest BCUT2D eigenvalue weighted by Gasteiger charge is -1.91. The highest BCUT2D eigenvalue weighted by Gasteiger charge is 1.81. The molecule has 1 rings (SSSR count). The monoisotopic (exact) mass is 188 g/mol. The Morgan fingerprint density at radius 2 is 1.07 bits per heavy atom. The molecule has 0 aliphatic heterocycles. The summed E-state index contributed by atoms with van der Waals surface area (Å²) in [5.41, 5.74) is 0. The molecular formula is C14H20. The van der Waals surface area contributed by atoms with Crippen LogP contribution < -0.4 is 0 Å². The molecule has 0 aromatic heterocycles. The molecule has 0 fully saturated rings. The van der Waals surface area contributed by atoms with Crippen molar-refractivity contribution in [2.45, 2.75) is 38.5 Å². The first-order chi connectivity index (χ1) is 7.00. The Morgan fingerprint density at radius 1 is 0.500 bits per heavy atom. The van der Waals surface area contributed by atoms with Gasteiger partial charge in [0, 0.05) is 0 Å². The van der Waals surface area contributed by atoms with E-state index in [1.165, 1.54) is 19.3 Å². The molecule has 76 valence electrons. The maximum Gasteiger partial charge on any atom is -0.0169 e. The number of hydrogen-bond donors (Lipinski definition) is 0. The molecule has 0 saturated carbocycles. The minimum atomic E-state index is 1.10. The summed E-state index contributed by atoms with van der Waals surface area (Å²) in [5, 5.41) is 0. The fraction of sp³-hybridized carbons (Fsp3) is 0.429. The van der Waals surface area contributed by atoms with Crippen LogP contribution in [-0.2, 0) is 0 Å². The third-order valence-corrected chi connectivity index (χ3v) is 2.23. The number of rotatable bonds is 0. The third kappa shape index (κ3) is 6.47. The molecule has 14 heavy (non-hydrogen) atoms. The van der Waals surface area contributed by atoms with Gasteiger partial charge >= 0.3 is 0 Å². The summed E-state index contributed by atoms with van der Waals surface area (Å²) in [5.74, 6) is 0. The van der Waals surface area contributed by atoms with Crippen LogP contribution in [0.5, 0.6) is 0 Å². The van der Waals surface area contributed by atoms with Gasteiger partial charge in [0.15, 0.2) is 0 Å². The Hall–Kier alpha value is -1.04. The van der Waals surface area contributed by atoms with E-state index >= 15 is 0 Å². The molecule has 0 bridgehead atoms. The molecule has 0 saturated heterocycles. The molecule has 0 aromatic carbocycles. The normalized spacial score (nSPS) is 19.4. The van der Waals surface area contributed by atoms with Crippen molar-refractivity contribution < 1.29 is 0 Å². The fourth-order valence-electron chi connectivity index (χ4n) is 1.40. The predicted molar refractivity (Wildman–Crippen MR) is 64.3 cm³/mol. The van der Waals surface area contributed by atoms with Crippen LogP contribution in [0, 0.1) is 0 Å². The molecule has 0 heteroatoms. The van der Waals surface area contributed by atoms with Crippen molar-refractivity contribution in [3.63, 3.8) is 0 Å². The molecule has 0 atom stereocenters. The Balaban J connectivity index is 2.34. The van der Waals surface area contributed by atoms with Crippen molar-refractivity contribution >= 4 is 0 Å². The van der Waals surface area contributed by atoms with E-state index in [4.69, 9.17) is 0 Å². The smallest absolute Gasteiger partial charge is 0.0169 e. The molecule has 0 unspecified atom stereocenters. The zero-order chi connectivity index (χ0) is 9.90. The highest BCUT2D eigenvalue weighted by atomic mass is 13.9. The van der Waals surface area contributed by atoms with Crippen LogP contribution in [0.2, 0.25) is 0 Å². The molecule has 0 aromatic rings. The zero-order valence-corrected chi connectivity index (χ0v) is 8.86. The Bertz CT molecular complexity index is 228. The van der Waals surface area contributed by atoms with E-state index in [1.54, 1.807) is 0 Å². The summed E-state index contributed by atoms with van der Waals surface area (Å²) in [6, 6.07) is 0. The van der Waals surface area contributed by atoms with Gasteiger partial charge in [-0.05, 0) is 38.5 Å². The largest absolute Gasteiger partial charge is 0.0882 e. The van der Waals surface area contributed by atoms with Crippen molar-refractivity contribution in [1.82, 2.24) is 0 Å². The molecular weight excluding hydrogens is 168 g/mol. The van der Waals surface area contributed by atoms with Gasteiger partial charge in [-0.25, -0.2) is 0 Å². The molecule has 1 aliphatic rings. The fourth-order valence-corrected chi connectivity index (χ4v) is 1.40. The summed E-state index contributed by atoms with van der Waals surface area (Å²) in [4.78, 5) is 0. The van der Waals surface area contributed by atoms with Gasteiger partial charge in [-0.15, -0.1) is 0 Å². The molecule has 0 nitrogen and oxygen atoms in total. The van der Waals surface area contributed by atoms with Crippen LogP contribution in [0.15, 0.2) is 48.6 Å². The van der Waals surface area contributed by atoms with Crippen LogP contribution in [0.3, 0.4) is 0 Å². The topological polar surface area (TPSA) is 0 Å². The van der Waals surface area contributed by atoms with Crippen LogP contribution in [0.4, 0.5) is 0 Å². The number of hydrogen-bond acceptors (Lipinski definition) is 0. The van der Waals surface area contributed by atoms with E-state index in [-0.39, 0.29) is 0 Å². The maximum absolute atomic E-state index is 2.29. The van der Waals surface area contributed by atoms with Crippen molar-refractivity contribution in [1.29, 1.82) is 0 Å². The van der Waals surface area contributed by atoms with Gasteiger partial charge in [0.25, 0.3) is 0 Å². The van der Waals surface area contributed by atoms with Crippen molar-refractivity contribution in [2.75, 3.05) is 0 Å². The molecule has 0 amide bonds. The maximum atomic E-state index is 2.29. The predicted octanol–water partition coefficient (Wildman–Crippen LogP) is 4.57. The van der Waals surface area contributed by atoms with Crippen molar-refractivity contribution in [2.24, 2.45) is 0 Å². The van der Waals surface area contributed by atoms with E-state index < -0.39 is 0 Å². The highest BCUT2D eigenvalue weighted by Crippen LogP contribution is 2.01. The lowest BCUT2D eigenvalue weighted by Crippen LogP contribution is -1.70. The Kier molecular flexibility index (Phi) is 6.74. The van der Waals surface area contributed by atoms with Gasteiger partial charge in [0.1, 0.15) is 0 Å². The number of allylic oxidation sites excluding steroid dienone is 8. The molecule has 1 aliphatic carbocycles. The summed E-state index contributed by atoms with van der Waals surface area (Å²) in [6.07, 6.45) is 25.0. The summed E-state index contributed by atoms with van der Waals surface area (Å²) < 4.78 is 0. The minimum Gasteiger partial charge on any atom is -0.0882 e. The van der Waals surface area contributed by atoms with E-state index in [1.807, 2.05) is 0 Å². The van der Waals surface area contributed by atoms with E-state index in [0.717, 1.165) is 19.3 Å². The highest BCUT2D eigenvalue weighted by molar-refractivity contribution is 5.03. The zero-order valence-electron chi connectivity index (χ0n) is 8.86. The first-order valence-electron chi connectivity index (χ1n) is 5.62. The molecule has 0 radical (unpaired) electrons. The van der Waals surface area contributed by atoms with Crippen LogP contribution in [-0.4, -0.2) is 0 Å². The van der Waals surface area contributed by atoms with Crippen LogP contribution in [0.1, 0.15) is 38.5 Å². The van der Waals surface area contributed by atoms with Crippen LogP contribution >= 0.6 is 0 Å². The quantitative estimate of drug-likeness (QED) is 0.489. The van der Waals surface area contributed by atoms with Crippen molar-refractivity contribution in [3.8, 4) is 0 Å². The average molecular weight is 188 g/mol. The van der Waals surface area contributed by atoms with Gasteiger partial charge in [-0.3, -0.25) is 0 Å². The Morgan fingerprint density at radius 3 is 1.93 bits per heavy atom. The lowest BCUT2D eigenvalue weighted by molar-refractivity contribution is 0.865. The SMILES string of the molecule is C1=CCCC=CCC=CCCCC=C1. The summed E-state index contributed by atoms with van der Waals surface area (Å²) in [7, 11) is 0. The van der Waals surface area contributed by atoms with Gasteiger partial charge < -0.3 is 0 Å². The van der Waals surface area contributed by atoms with Gasteiger partial charge in [0.05, 0.1) is 0 Å². The first kappa shape index (κ1) is 11.0. The van der Waals surface area contributed by atoms with Gasteiger partial charge in [-0.2, -0.15) is 0 Å². The summed E-state index contributed by atoms with van der Waals surface area (Å²) in [6.45, 7) is 0. The van der Waals surface area contributed by atoms with Crippen LogP contribution in [0.25, 0.3) is 0 Å². The summed E-state index contributed by atoms with van der Waals surface area (Å²) >= 11 is 0. The first-order valence-corrected chi connectivity index (χ1v) is 5.62. The van der Waals surface area contributed by atoms with E-state index in [9.17, 15) is 0 Å². The second kappa shape index (κ2) is 8.55. The van der Waals surface area contributed by atoms with Gasteiger partial charge in [-0.1, -0.05) is 48.6 Å². The average Bonchev–Trinajstić information content (AvgIpc) is 2.22. The lowest BCUT2D eigenvalue weighted by atomic mass is 10.2. The van der Waals surface area contributed by atoms with Gasteiger partial charge in [0.2, 0.25) is 0 Å². The molecule has 0 heterocycles. The second-order valence-corrected chi connectivity index (χ2v) is 3.54. The minimum absolute atomic E-state index is 1.10. The van der Waals surface area contributed by atoms with E-state index in [0.29, 0.717) is 0 Å². The molecule has 0 spiro atoms. The van der Waals surface area contributed by atoms with Crippen molar-refractivity contribution in [3.05, 3.63) is 48.6 Å². The van der Waals surface area contributed by atoms with E-state index in [2.05, 4.69) is 48.6 Å². The molecule has 0 N–H and O–H groups in total. The third-order valence-electron chi connectivity index (χ3n) is 2.23. The Labute approximate surface area is 87.7 Å².